The molecule has 5 heteroatoms. The Morgan fingerprint density at radius 1 is 1.18 bits per heavy atom. The van der Waals surface area contributed by atoms with Crippen LogP contribution in [0.15, 0.2) is 4.52 Å². The normalized spacial score (nSPS) is 25.2. The predicted molar refractivity (Wildman–Crippen MR) is 61.4 cm³/mol. The van der Waals surface area contributed by atoms with Crippen molar-refractivity contribution in [2.24, 2.45) is 5.73 Å². The van der Waals surface area contributed by atoms with Crippen LogP contribution < -0.4 is 5.73 Å². The molecular formula is C12H19N3O2. The van der Waals surface area contributed by atoms with E-state index in [1.165, 1.54) is 0 Å². The largest absolute Gasteiger partial charge is 0.381 e. The molecule has 1 saturated carbocycles. The lowest BCUT2D eigenvalue weighted by atomic mass is 9.98. The summed E-state index contributed by atoms with van der Waals surface area (Å²) in [6, 6.07) is 0. The Balaban J connectivity index is 1.77. The summed E-state index contributed by atoms with van der Waals surface area (Å²) in [7, 11) is 0. The molecule has 2 N–H and O–H groups in total. The van der Waals surface area contributed by atoms with Gasteiger partial charge in [-0.3, -0.25) is 0 Å². The number of ether oxygens (including phenoxy) is 1. The molecule has 0 amide bonds. The molecule has 3 rings (SSSR count). The van der Waals surface area contributed by atoms with Crippen LogP contribution in [0.4, 0.5) is 0 Å². The van der Waals surface area contributed by atoms with Gasteiger partial charge in [0.15, 0.2) is 5.82 Å². The van der Waals surface area contributed by atoms with E-state index in [1.54, 1.807) is 0 Å². The molecule has 0 atom stereocenters. The van der Waals surface area contributed by atoms with Crippen LogP contribution in [0, 0.1) is 0 Å². The van der Waals surface area contributed by atoms with Gasteiger partial charge in [-0.25, -0.2) is 0 Å². The lowest BCUT2D eigenvalue weighted by Crippen LogP contribution is -2.33. The molecule has 0 unspecified atom stereocenters. The van der Waals surface area contributed by atoms with Crippen molar-refractivity contribution in [1.29, 1.82) is 0 Å². The highest BCUT2D eigenvalue weighted by Gasteiger charge is 2.37. The van der Waals surface area contributed by atoms with Crippen molar-refractivity contribution >= 4 is 0 Å². The second kappa shape index (κ2) is 4.38. The number of rotatable bonds is 2. The Hall–Kier alpha value is -0.940. The molecule has 1 aromatic rings. The molecule has 0 spiro atoms. The van der Waals surface area contributed by atoms with E-state index in [2.05, 4.69) is 10.1 Å². The Morgan fingerprint density at radius 2 is 1.88 bits per heavy atom. The maximum Gasteiger partial charge on any atom is 0.246 e. The number of hydrogen-bond acceptors (Lipinski definition) is 5. The van der Waals surface area contributed by atoms with Crippen LogP contribution in [0.1, 0.15) is 56.2 Å². The topological polar surface area (TPSA) is 74.2 Å². The molecule has 2 heterocycles. The monoisotopic (exact) mass is 237 g/mol. The minimum Gasteiger partial charge on any atom is -0.381 e. The second-order valence-corrected chi connectivity index (χ2v) is 5.21. The molecule has 1 aliphatic carbocycles. The third kappa shape index (κ3) is 2.09. The van der Waals surface area contributed by atoms with Gasteiger partial charge in [0.1, 0.15) is 0 Å². The third-order valence-corrected chi connectivity index (χ3v) is 3.95. The molecule has 0 aromatic carbocycles. The Morgan fingerprint density at radius 3 is 2.59 bits per heavy atom. The van der Waals surface area contributed by atoms with Gasteiger partial charge in [-0.05, 0) is 25.7 Å². The fourth-order valence-corrected chi connectivity index (χ4v) is 2.78. The number of nitrogens with zero attached hydrogens (tertiary/aromatic N) is 2. The van der Waals surface area contributed by atoms with E-state index in [1.807, 2.05) is 0 Å². The van der Waals surface area contributed by atoms with E-state index < -0.39 is 0 Å². The van der Waals surface area contributed by atoms with Crippen LogP contribution in [-0.2, 0) is 10.3 Å². The van der Waals surface area contributed by atoms with Crippen molar-refractivity contribution in [1.82, 2.24) is 10.1 Å². The summed E-state index contributed by atoms with van der Waals surface area (Å²) in [6.07, 6.45) is 6.20. The van der Waals surface area contributed by atoms with E-state index >= 15 is 0 Å². The Labute approximate surface area is 101 Å². The first-order valence-corrected chi connectivity index (χ1v) is 6.49. The maximum atomic E-state index is 6.30. The zero-order chi connectivity index (χ0) is 11.7. The number of aromatic nitrogens is 2. The maximum absolute atomic E-state index is 6.30. The zero-order valence-electron chi connectivity index (χ0n) is 10.0. The summed E-state index contributed by atoms with van der Waals surface area (Å²) in [5.41, 5.74) is 5.94. The SMILES string of the molecule is NC1(c2nc(C3CCOCC3)no2)CCCC1. The van der Waals surface area contributed by atoms with Crippen LogP contribution in [0.25, 0.3) is 0 Å². The summed E-state index contributed by atoms with van der Waals surface area (Å²) < 4.78 is 10.7. The lowest BCUT2D eigenvalue weighted by molar-refractivity contribution is 0.0830. The highest BCUT2D eigenvalue weighted by atomic mass is 16.5. The number of nitrogens with two attached hydrogens (primary N) is 1. The van der Waals surface area contributed by atoms with Gasteiger partial charge in [0.05, 0.1) is 5.54 Å². The minimum absolute atomic E-state index is 0.365. The van der Waals surface area contributed by atoms with Gasteiger partial charge in [0.25, 0.3) is 0 Å². The van der Waals surface area contributed by atoms with Crippen molar-refractivity contribution in [2.45, 2.75) is 50.0 Å². The molecule has 1 saturated heterocycles. The smallest absolute Gasteiger partial charge is 0.246 e. The minimum atomic E-state index is -0.365. The fraction of sp³-hybridized carbons (Fsp3) is 0.833. The summed E-state index contributed by atoms with van der Waals surface area (Å²) >= 11 is 0. The van der Waals surface area contributed by atoms with E-state index in [-0.39, 0.29) is 5.54 Å². The highest BCUT2D eigenvalue weighted by Crippen LogP contribution is 2.36. The zero-order valence-corrected chi connectivity index (χ0v) is 10.0. The average Bonchev–Trinajstić information content (AvgIpc) is 2.99. The molecule has 5 nitrogen and oxygen atoms in total. The van der Waals surface area contributed by atoms with Crippen molar-refractivity contribution in [3.05, 3.63) is 11.7 Å². The third-order valence-electron chi connectivity index (χ3n) is 3.95. The molecule has 94 valence electrons. The Kier molecular flexibility index (Phi) is 2.88. The molecule has 17 heavy (non-hydrogen) atoms. The molecule has 1 aliphatic heterocycles. The van der Waals surface area contributed by atoms with Crippen LogP contribution in [0.3, 0.4) is 0 Å². The van der Waals surface area contributed by atoms with Gasteiger partial charge < -0.3 is 15.0 Å². The van der Waals surface area contributed by atoms with Gasteiger partial charge in [-0.1, -0.05) is 18.0 Å². The van der Waals surface area contributed by atoms with Gasteiger partial charge in [0, 0.05) is 19.1 Å². The van der Waals surface area contributed by atoms with Crippen LogP contribution in [0.5, 0.6) is 0 Å². The van der Waals surface area contributed by atoms with Crippen molar-refractivity contribution in [2.75, 3.05) is 13.2 Å². The highest BCUT2D eigenvalue weighted by molar-refractivity contribution is 5.07. The van der Waals surface area contributed by atoms with E-state index in [0.717, 1.165) is 57.6 Å². The van der Waals surface area contributed by atoms with Gasteiger partial charge in [-0.2, -0.15) is 4.98 Å². The first-order valence-electron chi connectivity index (χ1n) is 6.49. The molecule has 0 bridgehead atoms. The van der Waals surface area contributed by atoms with Crippen molar-refractivity contribution < 1.29 is 9.26 Å². The average molecular weight is 237 g/mol. The first kappa shape index (κ1) is 11.2. The van der Waals surface area contributed by atoms with Crippen molar-refractivity contribution in [3.63, 3.8) is 0 Å². The lowest BCUT2D eigenvalue weighted by Gasteiger charge is -2.19. The second-order valence-electron chi connectivity index (χ2n) is 5.21. The molecule has 2 aliphatic rings. The number of hydrogen-bond donors (Lipinski definition) is 1. The predicted octanol–water partition coefficient (Wildman–Crippen LogP) is 1.69. The summed E-state index contributed by atoms with van der Waals surface area (Å²) in [5, 5.41) is 4.11. The molecule has 0 radical (unpaired) electrons. The molecule has 1 aromatic heterocycles. The summed E-state index contributed by atoms with van der Waals surface area (Å²) in [5.74, 6) is 1.84. The van der Waals surface area contributed by atoms with Crippen LogP contribution >= 0.6 is 0 Å². The van der Waals surface area contributed by atoms with Gasteiger partial charge >= 0.3 is 0 Å². The van der Waals surface area contributed by atoms with Crippen LogP contribution in [-0.4, -0.2) is 23.4 Å². The quantitative estimate of drug-likeness (QED) is 0.847. The van der Waals surface area contributed by atoms with E-state index in [9.17, 15) is 0 Å². The summed E-state index contributed by atoms with van der Waals surface area (Å²) in [6.45, 7) is 1.59. The summed E-state index contributed by atoms with van der Waals surface area (Å²) in [4.78, 5) is 4.53. The first-order chi connectivity index (χ1) is 8.28. The molecular weight excluding hydrogens is 218 g/mol. The molecule has 2 fully saturated rings. The fourth-order valence-electron chi connectivity index (χ4n) is 2.78. The van der Waals surface area contributed by atoms with Gasteiger partial charge in [0.2, 0.25) is 5.89 Å². The van der Waals surface area contributed by atoms with Crippen LogP contribution in [0.2, 0.25) is 0 Å². The van der Waals surface area contributed by atoms with E-state index in [4.69, 9.17) is 15.0 Å². The van der Waals surface area contributed by atoms with Gasteiger partial charge in [-0.15, -0.1) is 0 Å². The van der Waals surface area contributed by atoms with E-state index in [0.29, 0.717) is 11.8 Å². The van der Waals surface area contributed by atoms with Crippen molar-refractivity contribution in [3.8, 4) is 0 Å². The Bertz CT molecular complexity index is 379. The standard InChI is InChI=1S/C12H19N3O2/c13-12(5-1-2-6-12)11-14-10(15-17-11)9-3-7-16-8-4-9/h9H,1-8,13H2.